The Hall–Kier alpha value is -1.44. The molecule has 1 aromatic rings. The van der Waals surface area contributed by atoms with Gasteiger partial charge in [-0.3, -0.25) is 4.28 Å². The van der Waals surface area contributed by atoms with Crippen LogP contribution in [-0.2, 0) is 10.4 Å². The van der Waals surface area contributed by atoms with Crippen molar-refractivity contribution in [3.05, 3.63) is 6.20 Å². The highest BCUT2D eigenvalue weighted by molar-refractivity contribution is 7.82. The maximum Gasteiger partial charge on any atom is 0.523 e. The van der Waals surface area contributed by atoms with Crippen LogP contribution in [0.5, 0.6) is 6.01 Å². The van der Waals surface area contributed by atoms with E-state index in [4.69, 9.17) is 5.73 Å². The SMILES string of the molecule is Nc1cn2c(n1)OS(=O)(=O)O2. The van der Waals surface area contributed by atoms with Gasteiger partial charge < -0.3 is 9.92 Å². The van der Waals surface area contributed by atoms with Gasteiger partial charge in [0, 0.05) is 0 Å². The molecular weight excluding hydrogens is 174 g/mol. The molecule has 2 rings (SSSR count). The van der Waals surface area contributed by atoms with E-state index < -0.39 is 10.4 Å². The molecule has 0 fully saturated rings. The Morgan fingerprint density at radius 1 is 1.64 bits per heavy atom. The molecule has 0 amide bonds. The van der Waals surface area contributed by atoms with Crippen LogP contribution in [-0.4, -0.2) is 18.1 Å². The van der Waals surface area contributed by atoms with Gasteiger partial charge in [-0.05, 0) is 0 Å². The van der Waals surface area contributed by atoms with Crippen LogP contribution in [0.3, 0.4) is 0 Å². The van der Waals surface area contributed by atoms with E-state index in [2.05, 4.69) is 13.5 Å². The van der Waals surface area contributed by atoms with Gasteiger partial charge in [-0.2, -0.15) is 4.98 Å². The zero-order valence-electron chi connectivity index (χ0n) is 5.09. The molecule has 1 aliphatic heterocycles. The molecule has 60 valence electrons. The first-order chi connectivity index (χ1) is 5.07. The fraction of sp³-hybridized carbons (Fsp3) is 0. The second kappa shape index (κ2) is 1.59. The molecule has 1 aliphatic rings. The predicted molar refractivity (Wildman–Crippen MR) is 32.8 cm³/mol. The molecule has 2 heterocycles. The second-order valence-electron chi connectivity index (χ2n) is 1.84. The van der Waals surface area contributed by atoms with Crippen LogP contribution >= 0.6 is 0 Å². The van der Waals surface area contributed by atoms with Gasteiger partial charge in [0.15, 0.2) is 0 Å². The number of aromatic nitrogens is 2. The molecule has 0 bridgehead atoms. The summed E-state index contributed by atoms with van der Waals surface area (Å²) in [6, 6.07) is -0.178. The van der Waals surface area contributed by atoms with Crippen molar-refractivity contribution in [3.8, 4) is 6.01 Å². The number of hydrogen-bond acceptors (Lipinski definition) is 6. The molecule has 0 unspecified atom stereocenters. The number of rotatable bonds is 0. The molecule has 11 heavy (non-hydrogen) atoms. The maximum absolute atomic E-state index is 10.5. The summed E-state index contributed by atoms with van der Waals surface area (Å²) < 4.78 is 30.3. The summed E-state index contributed by atoms with van der Waals surface area (Å²) >= 11 is 0. The Kier molecular flexibility index (Phi) is 0.906. The lowest BCUT2D eigenvalue weighted by molar-refractivity contribution is 0.300. The van der Waals surface area contributed by atoms with Crippen LogP contribution in [0, 0.1) is 0 Å². The number of hydrogen-bond donors (Lipinski definition) is 1. The van der Waals surface area contributed by atoms with Gasteiger partial charge in [0.2, 0.25) is 0 Å². The molecule has 0 aromatic carbocycles. The van der Waals surface area contributed by atoms with E-state index in [1.54, 1.807) is 0 Å². The van der Waals surface area contributed by atoms with Gasteiger partial charge in [0.25, 0.3) is 0 Å². The minimum Gasteiger partial charge on any atom is -0.382 e. The fourth-order valence-electron chi connectivity index (χ4n) is 0.678. The summed E-state index contributed by atoms with van der Waals surface area (Å²) in [6.45, 7) is 0. The lowest BCUT2D eigenvalue weighted by atomic mass is 10.8. The minimum absolute atomic E-state index is 0.134. The maximum atomic E-state index is 10.5. The summed E-state index contributed by atoms with van der Waals surface area (Å²) in [5.41, 5.74) is 5.19. The zero-order chi connectivity index (χ0) is 8.06. The third-order valence-electron chi connectivity index (χ3n) is 1.01. The molecule has 7 nitrogen and oxygen atoms in total. The molecule has 0 saturated carbocycles. The quantitative estimate of drug-likeness (QED) is 0.519. The number of nitrogens with two attached hydrogens (primary N) is 1. The van der Waals surface area contributed by atoms with E-state index >= 15 is 0 Å². The highest BCUT2D eigenvalue weighted by Gasteiger charge is 2.30. The smallest absolute Gasteiger partial charge is 0.382 e. The van der Waals surface area contributed by atoms with Crippen molar-refractivity contribution < 1.29 is 16.9 Å². The number of anilines is 1. The minimum atomic E-state index is -3.93. The molecule has 0 spiro atoms. The Labute approximate surface area is 61.6 Å². The molecular formula is C3H3N3O4S. The number of fused-ring (bicyclic) bond motifs is 1. The monoisotopic (exact) mass is 177 g/mol. The molecule has 0 radical (unpaired) electrons. The van der Waals surface area contributed by atoms with Crippen molar-refractivity contribution in [2.45, 2.75) is 0 Å². The number of imidazole rings is 1. The molecule has 0 aliphatic carbocycles. The van der Waals surface area contributed by atoms with Gasteiger partial charge in [-0.1, -0.05) is 0 Å². The lowest BCUT2D eigenvalue weighted by Gasteiger charge is -1.88. The Morgan fingerprint density at radius 2 is 2.36 bits per heavy atom. The molecule has 0 atom stereocenters. The normalized spacial score (nSPS) is 18.5. The first kappa shape index (κ1) is 6.28. The van der Waals surface area contributed by atoms with Gasteiger partial charge in [-0.15, -0.1) is 13.1 Å². The standard InChI is InChI=1S/C3H3N3O4S/c4-2-1-6-3(5-2)9-11(7,8)10-6/h1H,4H2. The third kappa shape index (κ3) is 0.871. The van der Waals surface area contributed by atoms with E-state index in [1.165, 1.54) is 6.20 Å². The van der Waals surface area contributed by atoms with Crippen molar-refractivity contribution >= 4 is 16.2 Å². The van der Waals surface area contributed by atoms with E-state index in [0.717, 1.165) is 4.73 Å². The molecule has 2 N–H and O–H groups in total. The lowest BCUT2D eigenvalue weighted by Crippen LogP contribution is -2.13. The van der Waals surface area contributed by atoms with Crippen molar-refractivity contribution in [1.29, 1.82) is 0 Å². The van der Waals surface area contributed by atoms with Crippen LogP contribution in [0.15, 0.2) is 6.20 Å². The predicted octanol–water partition coefficient (Wildman–Crippen LogP) is -1.47. The van der Waals surface area contributed by atoms with Crippen molar-refractivity contribution in [2.24, 2.45) is 0 Å². The van der Waals surface area contributed by atoms with E-state index in [1.807, 2.05) is 0 Å². The third-order valence-corrected chi connectivity index (χ3v) is 1.71. The Bertz CT molecular complexity index is 363. The summed E-state index contributed by atoms with van der Waals surface area (Å²) in [4.78, 5) is 3.50. The van der Waals surface area contributed by atoms with Crippen LogP contribution in [0.2, 0.25) is 0 Å². The summed E-state index contributed by atoms with van der Waals surface area (Å²) in [5.74, 6) is 0.134. The highest BCUT2D eigenvalue weighted by Crippen LogP contribution is 2.19. The number of nitrogen functional groups attached to an aromatic ring is 1. The van der Waals surface area contributed by atoms with Crippen molar-refractivity contribution in [3.63, 3.8) is 0 Å². The summed E-state index contributed by atoms with van der Waals surface area (Å²) in [7, 11) is -3.93. The Balaban J connectivity index is 2.53. The zero-order valence-corrected chi connectivity index (χ0v) is 5.91. The van der Waals surface area contributed by atoms with E-state index in [-0.39, 0.29) is 11.8 Å². The molecule has 1 aromatic heterocycles. The van der Waals surface area contributed by atoms with Crippen LogP contribution in [0.25, 0.3) is 0 Å². The van der Waals surface area contributed by atoms with E-state index in [9.17, 15) is 8.42 Å². The second-order valence-corrected chi connectivity index (χ2v) is 2.97. The van der Waals surface area contributed by atoms with E-state index in [0.29, 0.717) is 0 Å². The van der Waals surface area contributed by atoms with Gasteiger partial charge in [0.05, 0.1) is 6.20 Å². The van der Waals surface area contributed by atoms with Gasteiger partial charge in [-0.25, -0.2) is 0 Å². The first-order valence-electron chi connectivity index (χ1n) is 2.56. The van der Waals surface area contributed by atoms with Crippen molar-refractivity contribution in [1.82, 2.24) is 9.71 Å². The van der Waals surface area contributed by atoms with Crippen LogP contribution in [0.1, 0.15) is 0 Å². The average molecular weight is 177 g/mol. The first-order valence-corrected chi connectivity index (χ1v) is 3.89. The van der Waals surface area contributed by atoms with Gasteiger partial charge >= 0.3 is 16.4 Å². The fourth-order valence-corrected chi connectivity index (χ4v) is 1.30. The Morgan fingerprint density at radius 3 is 3.00 bits per heavy atom. The highest BCUT2D eigenvalue weighted by atomic mass is 32.3. The average Bonchev–Trinajstić information content (AvgIpc) is 2.17. The van der Waals surface area contributed by atoms with Crippen molar-refractivity contribution in [2.75, 3.05) is 5.73 Å². The van der Waals surface area contributed by atoms with Crippen LogP contribution < -0.4 is 14.2 Å². The number of nitrogens with zero attached hydrogens (tertiary/aromatic N) is 2. The molecule has 0 saturated heterocycles. The summed E-state index contributed by atoms with van der Waals surface area (Å²) in [6.07, 6.45) is 1.19. The summed E-state index contributed by atoms with van der Waals surface area (Å²) in [5, 5.41) is 0. The topological polar surface area (TPSA) is 96.4 Å². The van der Waals surface area contributed by atoms with Gasteiger partial charge in [0.1, 0.15) is 5.82 Å². The van der Waals surface area contributed by atoms with Crippen LogP contribution in [0.4, 0.5) is 5.82 Å². The molecule has 8 heteroatoms. The largest absolute Gasteiger partial charge is 0.523 e.